The molecule has 1 saturated heterocycles. The van der Waals surface area contributed by atoms with Crippen molar-refractivity contribution in [1.82, 2.24) is 24.3 Å². The van der Waals surface area contributed by atoms with Gasteiger partial charge < -0.3 is 19.3 Å². The molecule has 0 bridgehead atoms. The Balaban J connectivity index is 1.33. The number of hydrogen-bond acceptors (Lipinski definition) is 6. The summed E-state index contributed by atoms with van der Waals surface area (Å²) in [5.74, 6) is 0. The fourth-order valence-electron chi connectivity index (χ4n) is 6.74. The van der Waals surface area contributed by atoms with Crippen LogP contribution in [0, 0.1) is 0 Å². The van der Waals surface area contributed by atoms with Gasteiger partial charge in [0.05, 0.1) is 30.0 Å². The summed E-state index contributed by atoms with van der Waals surface area (Å²) in [7, 11) is 1.88. The molecule has 1 amide bonds. The van der Waals surface area contributed by atoms with E-state index in [4.69, 9.17) is 21.3 Å². The number of carbonyl (C=O) groups excluding carboxylic acids is 1. The van der Waals surface area contributed by atoms with Crippen LogP contribution in [0.5, 0.6) is 0 Å². The Kier molecular flexibility index (Phi) is 7.42. The van der Waals surface area contributed by atoms with Crippen molar-refractivity contribution in [3.8, 4) is 0 Å². The molecule has 216 valence electrons. The van der Waals surface area contributed by atoms with E-state index in [1.807, 2.05) is 59.1 Å². The van der Waals surface area contributed by atoms with Crippen molar-refractivity contribution >= 4 is 29.3 Å². The molecule has 41 heavy (non-hydrogen) atoms. The van der Waals surface area contributed by atoms with E-state index in [0.29, 0.717) is 36.9 Å². The third-order valence-corrected chi connectivity index (χ3v) is 9.29. The van der Waals surface area contributed by atoms with Gasteiger partial charge >= 0.3 is 6.09 Å². The molecule has 2 atom stereocenters. The number of nitrogens with zero attached hydrogens (tertiary/aromatic N) is 5. The standard InChI is InChI=1S/C32H38ClN5O3/c1-31(11-5-4-6-12-31)41-30(39)38-16-14-37(15-17-38)29-24-10-9-23(33)19-25(24)26(18-22-8-7-13-35-28(22)29)32(2,40)27-20-34-21-36(27)3/h7-10,13,18-21,29,40H,4-6,11-12,14-17H2,1-3H3/t29-,32+/m0/s1. The van der Waals surface area contributed by atoms with Crippen LogP contribution >= 0.6 is 11.6 Å². The molecule has 3 aliphatic rings. The lowest BCUT2D eigenvalue weighted by Crippen LogP contribution is -2.51. The van der Waals surface area contributed by atoms with Gasteiger partial charge in [-0.05, 0) is 86.1 Å². The Bertz CT molecular complexity index is 1470. The minimum Gasteiger partial charge on any atom is -0.443 e. The van der Waals surface area contributed by atoms with Crippen LogP contribution in [0.2, 0.25) is 5.02 Å². The number of hydrogen-bond donors (Lipinski definition) is 1. The number of amides is 1. The van der Waals surface area contributed by atoms with E-state index >= 15 is 0 Å². The first-order valence-corrected chi connectivity index (χ1v) is 14.9. The Labute approximate surface area is 246 Å². The zero-order valence-electron chi connectivity index (χ0n) is 24.0. The summed E-state index contributed by atoms with van der Waals surface area (Å²) in [5.41, 5.74) is 3.46. The average molecular weight is 576 g/mol. The number of piperazine rings is 1. The van der Waals surface area contributed by atoms with Crippen molar-refractivity contribution in [3.63, 3.8) is 0 Å². The number of benzene rings is 1. The number of carbonyl (C=O) groups is 1. The van der Waals surface area contributed by atoms with Crippen LogP contribution in [0.1, 0.15) is 80.1 Å². The molecule has 3 heterocycles. The van der Waals surface area contributed by atoms with Gasteiger partial charge in [-0.15, -0.1) is 0 Å². The molecule has 9 heteroatoms. The van der Waals surface area contributed by atoms with E-state index in [9.17, 15) is 9.90 Å². The van der Waals surface area contributed by atoms with Crippen molar-refractivity contribution in [2.75, 3.05) is 26.2 Å². The van der Waals surface area contributed by atoms with Crippen molar-refractivity contribution in [3.05, 3.63) is 82.2 Å². The number of fused-ring (bicyclic) bond motifs is 2. The van der Waals surface area contributed by atoms with Crippen LogP contribution in [-0.2, 0) is 17.4 Å². The highest BCUT2D eigenvalue weighted by Gasteiger charge is 2.40. The van der Waals surface area contributed by atoms with E-state index in [0.717, 1.165) is 53.6 Å². The predicted molar refractivity (Wildman–Crippen MR) is 159 cm³/mol. The minimum absolute atomic E-state index is 0.177. The molecule has 0 spiro atoms. The van der Waals surface area contributed by atoms with Gasteiger partial charge in [0.15, 0.2) is 0 Å². The van der Waals surface area contributed by atoms with Crippen LogP contribution in [0.25, 0.3) is 11.6 Å². The topological polar surface area (TPSA) is 83.7 Å². The van der Waals surface area contributed by atoms with E-state index in [-0.39, 0.29) is 17.7 Å². The zero-order chi connectivity index (χ0) is 28.8. The zero-order valence-corrected chi connectivity index (χ0v) is 24.8. The first-order chi connectivity index (χ1) is 19.7. The van der Waals surface area contributed by atoms with Gasteiger partial charge in [-0.2, -0.15) is 0 Å². The molecule has 1 aromatic carbocycles. The van der Waals surface area contributed by atoms with E-state index in [1.54, 1.807) is 19.4 Å². The number of rotatable bonds is 4. The van der Waals surface area contributed by atoms with E-state index < -0.39 is 5.60 Å². The Morgan fingerprint density at radius 3 is 2.61 bits per heavy atom. The van der Waals surface area contributed by atoms with Gasteiger partial charge in [0.1, 0.15) is 11.2 Å². The molecule has 2 fully saturated rings. The van der Waals surface area contributed by atoms with Gasteiger partial charge in [-0.1, -0.05) is 30.2 Å². The van der Waals surface area contributed by atoms with Crippen molar-refractivity contribution < 1.29 is 14.6 Å². The largest absolute Gasteiger partial charge is 0.443 e. The van der Waals surface area contributed by atoms with Crippen LogP contribution in [0.3, 0.4) is 0 Å². The predicted octanol–water partition coefficient (Wildman–Crippen LogP) is 5.80. The summed E-state index contributed by atoms with van der Waals surface area (Å²) in [5, 5.41) is 12.6. The molecular formula is C32H38ClN5O3. The van der Waals surface area contributed by atoms with Gasteiger partial charge in [0.25, 0.3) is 0 Å². The summed E-state index contributed by atoms with van der Waals surface area (Å²) >= 11 is 6.58. The Hall–Kier alpha value is -3.20. The van der Waals surface area contributed by atoms with Crippen LogP contribution in [0.4, 0.5) is 4.79 Å². The van der Waals surface area contributed by atoms with Crippen molar-refractivity contribution in [2.45, 2.75) is 63.2 Å². The monoisotopic (exact) mass is 575 g/mol. The lowest BCUT2D eigenvalue weighted by Gasteiger charge is -2.41. The lowest BCUT2D eigenvalue weighted by molar-refractivity contribution is -0.0276. The van der Waals surface area contributed by atoms with E-state index in [1.165, 1.54) is 6.42 Å². The number of aliphatic hydroxyl groups is 1. The highest BCUT2D eigenvalue weighted by molar-refractivity contribution is 6.30. The maximum atomic E-state index is 13.2. The fourth-order valence-corrected chi connectivity index (χ4v) is 6.91. The molecule has 1 aliphatic heterocycles. The fraction of sp³-hybridized carbons (Fsp3) is 0.469. The maximum Gasteiger partial charge on any atom is 0.410 e. The highest BCUT2D eigenvalue weighted by atomic mass is 35.5. The second kappa shape index (κ2) is 10.9. The summed E-state index contributed by atoms with van der Waals surface area (Å²) in [6.45, 7) is 6.35. The van der Waals surface area contributed by atoms with Crippen LogP contribution in [-0.4, -0.2) is 67.3 Å². The molecule has 2 aromatic heterocycles. The summed E-state index contributed by atoms with van der Waals surface area (Å²) < 4.78 is 7.88. The molecule has 1 N–H and O–H groups in total. The number of aromatic nitrogens is 3. The van der Waals surface area contributed by atoms with Crippen molar-refractivity contribution in [1.29, 1.82) is 0 Å². The lowest BCUT2D eigenvalue weighted by atomic mass is 9.84. The molecule has 0 radical (unpaired) electrons. The number of aryl methyl sites for hydroxylation is 1. The van der Waals surface area contributed by atoms with Gasteiger partial charge in [-0.3, -0.25) is 9.88 Å². The van der Waals surface area contributed by atoms with E-state index in [2.05, 4.69) is 16.8 Å². The first-order valence-electron chi connectivity index (χ1n) is 14.5. The highest BCUT2D eigenvalue weighted by Crippen LogP contribution is 2.46. The smallest absolute Gasteiger partial charge is 0.410 e. The van der Waals surface area contributed by atoms with Gasteiger partial charge in [0.2, 0.25) is 0 Å². The number of imidazole rings is 1. The summed E-state index contributed by atoms with van der Waals surface area (Å²) in [4.78, 5) is 26.5. The molecule has 1 saturated carbocycles. The molecule has 8 nitrogen and oxygen atoms in total. The molecule has 3 aromatic rings. The SMILES string of the molecule is Cn1cncc1[C@](C)(O)C1=Cc2cccnc2[C@@H](N2CCN(C(=O)OC3(C)CCCCC3)CC2)c2ccc(Cl)cc21. The molecular weight excluding hydrogens is 538 g/mol. The van der Waals surface area contributed by atoms with Crippen LogP contribution < -0.4 is 0 Å². The number of pyridine rings is 1. The van der Waals surface area contributed by atoms with Gasteiger partial charge in [0, 0.05) is 44.4 Å². The normalized spacial score (nSPS) is 22.1. The number of halogens is 1. The maximum absolute atomic E-state index is 13.2. The summed E-state index contributed by atoms with van der Waals surface area (Å²) in [6, 6.07) is 9.67. The third kappa shape index (κ3) is 5.29. The second-order valence-electron chi connectivity index (χ2n) is 12.0. The Morgan fingerprint density at radius 2 is 1.90 bits per heavy atom. The quantitative estimate of drug-likeness (QED) is 0.423. The molecule has 2 aliphatic carbocycles. The van der Waals surface area contributed by atoms with Crippen molar-refractivity contribution in [2.24, 2.45) is 7.05 Å². The number of ether oxygens (including phenoxy) is 1. The van der Waals surface area contributed by atoms with Gasteiger partial charge in [-0.25, -0.2) is 9.78 Å². The first kappa shape index (κ1) is 27.9. The minimum atomic E-state index is -1.34. The molecule has 0 unspecified atom stereocenters. The second-order valence-corrected chi connectivity index (χ2v) is 12.5. The average Bonchev–Trinajstić information content (AvgIpc) is 3.34. The van der Waals surface area contributed by atoms with Crippen LogP contribution in [0.15, 0.2) is 49.1 Å². The Morgan fingerprint density at radius 1 is 1.15 bits per heavy atom. The summed E-state index contributed by atoms with van der Waals surface area (Å²) in [6.07, 6.45) is 12.3. The third-order valence-electron chi connectivity index (χ3n) is 9.05. The molecule has 6 rings (SSSR count).